The Hall–Kier alpha value is -0.830. The highest BCUT2D eigenvalue weighted by atomic mass is 79.9. The van der Waals surface area contributed by atoms with Crippen molar-refractivity contribution in [2.45, 2.75) is 24.5 Å². The maximum atomic E-state index is 12.2. The van der Waals surface area contributed by atoms with Gasteiger partial charge in [0.1, 0.15) is 11.4 Å². The molecule has 4 nitrogen and oxygen atoms in total. The minimum Gasteiger partial charge on any atom is -0.304 e. The number of alkyl halides is 3. The van der Waals surface area contributed by atoms with E-state index in [-0.39, 0.29) is 10.2 Å². The summed E-state index contributed by atoms with van der Waals surface area (Å²) >= 11 is 2.88. The fourth-order valence-electron chi connectivity index (χ4n) is 1.26. The van der Waals surface area contributed by atoms with Gasteiger partial charge < -0.3 is 4.57 Å². The molecule has 0 fully saturated rings. The van der Waals surface area contributed by atoms with Crippen molar-refractivity contribution in [3.8, 4) is 0 Å². The molecule has 0 unspecified atom stereocenters. The first-order chi connectivity index (χ1) is 8.07. The van der Waals surface area contributed by atoms with Crippen LogP contribution in [-0.4, -0.2) is 24.9 Å². The molecule has 0 radical (unpaired) electrons. The van der Waals surface area contributed by atoms with Crippen molar-refractivity contribution in [2.24, 2.45) is 0 Å². The molecular formula is C9H9BrF3NO3S. The van der Waals surface area contributed by atoms with E-state index in [9.17, 15) is 26.4 Å². The van der Waals surface area contributed by atoms with Crippen LogP contribution >= 0.6 is 15.9 Å². The predicted octanol–water partition coefficient (Wildman–Crippen LogP) is 1.97. The van der Waals surface area contributed by atoms with Gasteiger partial charge in [-0.2, -0.15) is 13.2 Å². The molecule has 1 aromatic rings. The van der Waals surface area contributed by atoms with Gasteiger partial charge in [-0.1, -0.05) is 6.92 Å². The molecule has 0 amide bonds. The SMILES string of the molecule is CCS(=O)(=O)c1cc(Br)cn(CC(F)(F)F)c1=O. The molecular weight excluding hydrogens is 339 g/mol. The van der Waals surface area contributed by atoms with Gasteiger partial charge in [-0.3, -0.25) is 4.79 Å². The first kappa shape index (κ1) is 15.2. The van der Waals surface area contributed by atoms with Gasteiger partial charge in [-0.15, -0.1) is 0 Å². The lowest BCUT2D eigenvalue weighted by atomic mass is 10.4. The van der Waals surface area contributed by atoms with Crippen molar-refractivity contribution in [3.05, 3.63) is 27.1 Å². The highest BCUT2D eigenvalue weighted by Gasteiger charge is 2.30. The van der Waals surface area contributed by atoms with Crippen LogP contribution in [-0.2, 0) is 16.4 Å². The maximum Gasteiger partial charge on any atom is 0.406 e. The van der Waals surface area contributed by atoms with Crippen LogP contribution in [0.3, 0.4) is 0 Å². The second kappa shape index (κ2) is 5.04. The van der Waals surface area contributed by atoms with E-state index < -0.39 is 33.0 Å². The molecule has 0 N–H and O–H groups in total. The minimum atomic E-state index is -4.60. The van der Waals surface area contributed by atoms with Gasteiger partial charge in [-0.05, 0) is 22.0 Å². The quantitative estimate of drug-likeness (QED) is 0.839. The number of pyridine rings is 1. The third kappa shape index (κ3) is 3.58. The summed E-state index contributed by atoms with van der Waals surface area (Å²) in [4.78, 5) is 11.0. The second-order valence-electron chi connectivity index (χ2n) is 3.47. The summed E-state index contributed by atoms with van der Waals surface area (Å²) in [6.07, 6.45) is -3.69. The highest BCUT2D eigenvalue weighted by Crippen LogP contribution is 2.19. The van der Waals surface area contributed by atoms with Gasteiger partial charge in [0, 0.05) is 10.7 Å². The lowest BCUT2D eigenvalue weighted by molar-refractivity contribution is -0.141. The van der Waals surface area contributed by atoms with E-state index >= 15 is 0 Å². The summed E-state index contributed by atoms with van der Waals surface area (Å²) < 4.78 is 60.3. The van der Waals surface area contributed by atoms with E-state index in [2.05, 4.69) is 15.9 Å². The highest BCUT2D eigenvalue weighted by molar-refractivity contribution is 9.10. The van der Waals surface area contributed by atoms with Gasteiger partial charge in [0.05, 0.1) is 5.75 Å². The average molecular weight is 348 g/mol. The Morgan fingerprint density at radius 2 is 1.94 bits per heavy atom. The van der Waals surface area contributed by atoms with Crippen LogP contribution in [0.15, 0.2) is 26.4 Å². The van der Waals surface area contributed by atoms with E-state index in [1.807, 2.05) is 0 Å². The normalized spacial score (nSPS) is 12.7. The molecule has 0 saturated carbocycles. The molecule has 0 aliphatic heterocycles. The van der Waals surface area contributed by atoms with E-state index in [1.54, 1.807) is 0 Å². The van der Waals surface area contributed by atoms with Crippen molar-refractivity contribution >= 4 is 25.8 Å². The predicted molar refractivity (Wildman–Crippen MR) is 62.2 cm³/mol. The smallest absolute Gasteiger partial charge is 0.304 e. The number of nitrogens with zero attached hydrogens (tertiary/aromatic N) is 1. The van der Waals surface area contributed by atoms with E-state index in [1.165, 1.54) is 6.92 Å². The Morgan fingerprint density at radius 3 is 2.39 bits per heavy atom. The number of rotatable bonds is 3. The lowest BCUT2D eigenvalue weighted by Crippen LogP contribution is -2.31. The Kier molecular flexibility index (Phi) is 4.26. The molecule has 1 rings (SSSR count). The molecule has 0 spiro atoms. The Bertz CT molecular complexity index is 606. The van der Waals surface area contributed by atoms with Crippen LogP contribution in [0, 0.1) is 0 Å². The first-order valence-corrected chi connectivity index (χ1v) is 7.21. The van der Waals surface area contributed by atoms with Crippen LogP contribution in [0.2, 0.25) is 0 Å². The molecule has 0 bridgehead atoms. The van der Waals surface area contributed by atoms with E-state index in [0.717, 1.165) is 12.3 Å². The second-order valence-corrected chi connectivity index (χ2v) is 6.64. The van der Waals surface area contributed by atoms with Crippen LogP contribution in [0.25, 0.3) is 0 Å². The summed E-state index contributed by atoms with van der Waals surface area (Å²) in [7, 11) is -3.86. The Morgan fingerprint density at radius 1 is 1.39 bits per heavy atom. The summed E-state index contributed by atoms with van der Waals surface area (Å²) in [6, 6.07) is 1.01. The molecule has 1 heterocycles. The molecule has 102 valence electrons. The zero-order valence-corrected chi connectivity index (χ0v) is 11.6. The van der Waals surface area contributed by atoms with Crippen molar-refractivity contribution in [2.75, 3.05) is 5.75 Å². The first-order valence-electron chi connectivity index (χ1n) is 4.76. The summed E-state index contributed by atoms with van der Waals surface area (Å²) in [6.45, 7) is -0.221. The summed E-state index contributed by atoms with van der Waals surface area (Å²) in [5, 5.41) is 0. The zero-order chi connectivity index (χ0) is 14.1. The number of hydrogen-bond donors (Lipinski definition) is 0. The summed E-state index contributed by atoms with van der Waals surface area (Å²) in [5.41, 5.74) is -1.17. The molecule has 0 aliphatic rings. The largest absolute Gasteiger partial charge is 0.406 e. The van der Waals surface area contributed by atoms with Gasteiger partial charge in [0.2, 0.25) is 0 Å². The summed E-state index contributed by atoms with van der Waals surface area (Å²) in [5.74, 6) is -0.356. The number of aromatic nitrogens is 1. The van der Waals surface area contributed by atoms with Crippen molar-refractivity contribution in [3.63, 3.8) is 0 Å². The van der Waals surface area contributed by atoms with Gasteiger partial charge in [-0.25, -0.2) is 8.42 Å². The Balaban J connectivity index is 3.46. The molecule has 0 aromatic carbocycles. The zero-order valence-electron chi connectivity index (χ0n) is 9.16. The standard InChI is InChI=1S/C9H9BrF3NO3S/c1-2-18(16,17)7-3-6(10)4-14(8(7)15)5-9(11,12)13/h3-4H,2,5H2,1H3. The maximum absolute atomic E-state index is 12.2. The number of sulfone groups is 1. The fraction of sp³-hybridized carbons (Fsp3) is 0.444. The molecule has 0 aliphatic carbocycles. The van der Waals surface area contributed by atoms with Crippen LogP contribution in [0.5, 0.6) is 0 Å². The molecule has 9 heteroatoms. The van der Waals surface area contributed by atoms with E-state index in [4.69, 9.17) is 0 Å². The Labute approximate surface area is 109 Å². The molecule has 0 atom stereocenters. The van der Waals surface area contributed by atoms with Crippen LogP contribution in [0.1, 0.15) is 6.92 Å². The molecule has 18 heavy (non-hydrogen) atoms. The van der Waals surface area contributed by atoms with Gasteiger partial charge in [0.15, 0.2) is 9.84 Å². The molecule has 0 saturated heterocycles. The topological polar surface area (TPSA) is 56.1 Å². The third-order valence-electron chi connectivity index (χ3n) is 2.08. The minimum absolute atomic E-state index is 0.0957. The number of halogens is 4. The molecule has 1 aromatic heterocycles. The average Bonchev–Trinajstić information content (AvgIpc) is 2.20. The third-order valence-corrected chi connectivity index (χ3v) is 4.24. The van der Waals surface area contributed by atoms with Crippen LogP contribution in [0.4, 0.5) is 13.2 Å². The lowest BCUT2D eigenvalue weighted by Gasteiger charge is -2.11. The van der Waals surface area contributed by atoms with E-state index in [0.29, 0.717) is 4.57 Å². The van der Waals surface area contributed by atoms with Gasteiger partial charge in [0.25, 0.3) is 5.56 Å². The fourth-order valence-corrected chi connectivity index (χ4v) is 2.89. The number of hydrogen-bond acceptors (Lipinski definition) is 3. The van der Waals surface area contributed by atoms with Gasteiger partial charge >= 0.3 is 6.18 Å². The van der Waals surface area contributed by atoms with Crippen molar-refractivity contribution < 1.29 is 21.6 Å². The van der Waals surface area contributed by atoms with Crippen LogP contribution < -0.4 is 5.56 Å². The van der Waals surface area contributed by atoms with Crippen molar-refractivity contribution in [1.82, 2.24) is 4.57 Å². The monoisotopic (exact) mass is 347 g/mol. The van der Waals surface area contributed by atoms with Crippen molar-refractivity contribution in [1.29, 1.82) is 0 Å².